The Kier molecular flexibility index (Phi) is 6.28. The number of anilines is 1. The lowest BCUT2D eigenvalue weighted by atomic mass is 10.0. The van der Waals surface area contributed by atoms with Crippen LogP contribution in [0.4, 0.5) is 5.13 Å². The number of nitrogens with one attached hydrogen (secondary N) is 1. The third kappa shape index (κ3) is 4.53. The van der Waals surface area contributed by atoms with Gasteiger partial charge in [-0.25, -0.2) is 9.78 Å². The van der Waals surface area contributed by atoms with Crippen molar-refractivity contribution in [2.45, 2.75) is 27.2 Å². The summed E-state index contributed by atoms with van der Waals surface area (Å²) in [4.78, 5) is 34.3. The molecule has 0 spiro atoms. The zero-order valence-electron chi connectivity index (χ0n) is 18.1. The molecule has 0 aliphatic carbocycles. The van der Waals surface area contributed by atoms with Crippen molar-refractivity contribution in [2.24, 2.45) is 0 Å². The van der Waals surface area contributed by atoms with E-state index in [1.165, 1.54) is 16.9 Å². The molecule has 0 aliphatic heterocycles. The van der Waals surface area contributed by atoms with Gasteiger partial charge in [0.2, 0.25) is 0 Å². The van der Waals surface area contributed by atoms with Gasteiger partial charge in [-0.1, -0.05) is 55.0 Å². The highest BCUT2D eigenvalue weighted by molar-refractivity contribution is 7.14. The molecule has 0 radical (unpaired) electrons. The molecule has 0 saturated carbocycles. The molecule has 2 heterocycles. The summed E-state index contributed by atoms with van der Waals surface area (Å²) in [6.45, 7) is 5.48. The molecule has 1 amide bonds. The first-order chi connectivity index (χ1) is 15.5. The third-order valence-electron chi connectivity index (χ3n) is 5.21. The van der Waals surface area contributed by atoms with Crippen LogP contribution in [0, 0.1) is 13.8 Å². The maximum absolute atomic E-state index is 12.9. The fourth-order valence-corrected chi connectivity index (χ4v) is 4.25. The van der Waals surface area contributed by atoms with Crippen LogP contribution in [0.2, 0.25) is 0 Å². The molecule has 1 N–H and O–H groups in total. The molecule has 4 aromatic rings. The van der Waals surface area contributed by atoms with E-state index in [2.05, 4.69) is 15.3 Å². The summed E-state index contributed by atoms with van der Waals surface area (Å²) < 4.78 is 5.35. The second-order valence-electron chi connectivity index (χ2n) is 7.46. The minimum Gasteiger partial charge on any atom is -0.452 e. The molecule has 162 valence electrons. The minimum atomic E-state index is -0.537. The van der Waals surface area contributed by atoms with E-state index in [4.69, 9.17) is 4.74 Å². The van der Waals surface area contributed by atoms with Crippen molar-refractivity contribution < 1.29 is 14.3 Å². The SMILES string of the molecule is CCc1nc2ccccc2c(C(=O)OCC(=O)Nc2nc(-c3ccc(C)cc3)cs2)c1C. The lowest BCUT2D eigenvalue weighted by molar-refractivity contribution is -0.119. The highest BCUT2D eigenvalue weighted by Crippen LogP contribution is 2.26. The summed E-state index contributed by atoms with van der Waals surface area (Å²) in [6.07, 6.45) is 0.699. The molecule has 7 heteroatoms. The Balaban J connectivity index is 1.44. The van der Waals surface area contributed by atoms with Gasteiger partial charge in [0.05, 0.1) is 16.8 Å². The van der Waals surface area contributed by atoms with E-state index in [-0.39, 0.29) is 0 Å². The average Bonchev–Trinajstić information content (AvgIpc) is 3.26. The van der Waals surface area contributed by atoms with Crippen LogP contribution in [0.5, 0.6) is 0 Å². The maximum Gasteiger partial charge on any atom is 0.339 e. The highest BCUT2D eigenvalue weighted by atomic mass is 32.1. The highest BCUT2D eigenvalue weighted by Gasteiger charge is 2.20. The molecule has 0 unspecified atom stereocenters. The van der Waals surface area contributed by atoms with Gasteiger partial charge in [-0.15, -0.1) is 11.3 Å². The number of nitrogens with zero attached hydrogens (tertiary/aromatic N) is 2. The Bertz CT molecular complexity index is 1300. The smallest absolute Gasteiger partial charge is 0.339 e. The number of carbonyl (C=O) groups excluding carboxylic acids is 2. The summed E-state index contributed by atoms with van der Waals surface area (Å²) in [7, 11) is 0. The van der Waals surface area contributed by atoms with Crippen molar-refractivity contribution in [2.75, 3.05) is 11.9 Å². The second-order valence-corrected chi connectivity index (χ2v) is 8.32. The molecule has 0 fully saturated rings. The molecule has 0 saturated heterocycles. The Morgan fingerprint density at radius 2 is 1.78 bits per heavy atom. The van der Waals surface area contributed by atoms with Gasteiger partial charge in [0.1, 0.15) is 0 Å². The number of pyridine rings is 1. The molecule has 6 nitrogen and oxygen atoms in total. The van der Waals surface area contributed by atoms with Crippen molar-refractivity contribution in [1.82, 2.24) is 9.97 Å². The van der Waals surface area contributed by atoms with Gasteiger partial charge >= 0.3 is 5.97 Å². The largest absolute Gasteiger partial charge is 0.452 e. The molecule has 0 atom stereocenters. The van der Waals surface area contributed by atoms with Gasteiger partial charge in [-0.2, -0.15) is 0 Å². The van der Waals surface area contributed by atoms with E-state index in [9.17, 15) is 9.59 Å². The number of hydrogen-bond acceptors (Lipinski definition) is 6. The molecular weight excluding hydrogens is 422 g/mol. The molecule has 4 rings (SSSR count). The fourth-order valence-electron chi connectivity index (χ4n) is 3.51. The number of esters is 1. The number of ether oxygens (including phenoxy) is 1. The minimum absolute atomic E-state index is 0.393. The first-order valence-electron chi connectivity index (χ1n) is 10.3. The van der Waals surface area contributed by atoms with Gasteiger partial charge in [-0.05, 0) is 31.9 Å². The first-order valence-corrected chi connectivity index (χ1v) is 11.2. The Hall–Kier alpha value is -3.58. The zero-order chi connectivity index (χ0) is 22.7. The Labute approximate surface area is 190 Å². The quantitative estimate of drug-likeness (QED) is 0.406. The Morgan fingerprint density at radius 1 is 1.03 bits per heavy atom. The van der Waals surface area contributed by atoms with Crippen LogP contribution in [0.25, 0.3) is 22.2 Å². The summed E-state index contributed by atoms with van der Waals surface area (Å²) in [6, 6.07) is 15.5. The van der Waals surface area contributed by atoms with Gasteiger partial charge in [0, 0.05) is 22.0 Å². The van der Waals surface area contributed by atoms with Gasteiger partial charge in [0.25, 0.3) is 5.91 Å². The fraction of sp³-hybridized carbons (Fsp3) is 0.200. The number of aryl methyl sites for hydroxylation is 2. The van der Waals surface area contributed by atoms with Crippen LogP contribution in [-0.2, 0) is 16.0 Å². The number of fused-ring (bicyclic) bond motifs is 1. The van der Waals surface area contributed by atoms with E-state index in [1.807, 2.05) is 74.7 Å². The van der Waals surface area contributed by atoms with Crippen molar-refractivity contribution in [3.63, 3.8) is 0 Å². The first kappa shape index (κ1) is 21.6. The molecule has 0 bridgehead atoms. The van der Waals surface area contributed by atoms with Gasteiger partial charge in [-0.3, -0.25) is 15.1 Å². The number of aromatic nitrogens is 2. The van der Waals surface area contributed by atoms with Crippen LogP contribution in [0.3, 0.4) is 0 Å². The van der Waals surface area contributed by atoms with Crippen LogP contribution in [-0.4, -0.2) is 28.5 Å². The van der Waals surface area contributed by atoms with E-state index in [1.54, 1.807) is 0 Å². The predicted octanol–water partition coefficient (Wildman–Crippen LogP) is 5.33. The number of para-hydroxylation sites is 1. The predicted molar refractivity (Wildman–Crippen MR) is 127 cm³/mol. The van der Waals surface area contributed by atoms with Gasteiger partial charge in [0.15, 0.2) is 11.7 Å². The number of rotatable bonds is 6. The van der Waals surface area contributed by atoms with Crippen LogP contribution in [0.1, 0.15) is 34.1 Å². The van der Waals surface area contributed by atoms with Crippen LogP contribution < -0.4 is 5.32 Å². The molecule has 2 aromatic heterocycles. The lowest BCUT2D eigenvalue weighted by Gasteiger charge is -2.13. The Morgan fingerprint density at radius 3 is 2.53 bits per heavy atom. The third-order valence-corrected chi connectivity index (χ3v) is 5.97. The summed E-state index contributed by atoms with van der Waals surface area (Å²) in [5.41, 5.74) is 5.74. The maximum atomic E-state index is 12.9. The number of benzene rings is 2. The van der Waals surface area contributed by atoms with Gasteiger partial charge < -0.3 is 4.74 Å². The topological polar surface area (TPSA) is 81.2 Å². The zero-order valence-corrected chi connectivity index (χ0v) is 19.0. The summed E-state index contributed by atoms with van der Waals surface area (Å²) in [5.74, 6) is -0.972. The number of amides is 1. The van der Waals surface area contributed by atoms with E-state index in [0.717, 1.165) is 33.4 Å². The number of carbonyl (C=O) groups is 2. The van der Waals surface area contributed by atoms with Crippen molar-refractivity contribution in [3.05, 3.63) is 76.3 Å². The normalized spacial score (nSPS) is 10.8. The van der Waals surface area contributed by atoms with E-state index >= 15 is 0 Å². The summed E-state index contributed by atoms with van der Waals surface area (Å²) >= 11 is 1.32. The number of hydrogen-bond donors (Lipinski definition) is 1. The monoisotopic (exact) mass is 445 g/mol. The van der Waals surface area contributed by atoms with E-state index in [0.29, 0.717) is 17.1 Å². The van der Waals surface area contributed by atoms with Crippen LogP contribution >= 0.6 is 11.3 Å². The number of thiazole rings is 1. The second kappa shape index (κ2) is 9.28. The summed E-state index contributed by atoms with van der Waals surface area (Å²) in [5, 5.41) is 5.76. The lowest BCUT2D eigenvalue weighted by Crippen LogP contribution is -2.21. The van der Waals surface area contributed by atoms with Crippen molar-refractivity contribution in [1.29, 1.82) is 0 Å². The average molecular weight is 446 g/mol. The van der Waals surface area contributed by atoms with Crippen LogP contribution in [0.15, 0.2) is 53.9 Å². The van der Waals surface area contributed by atoms with E-state index < -0.39 is 18.5 Å². The standard InChI is InChI=1S/C25H23N3O3S/c1-4-19-16(3)23(18-7-5-6-8-20(18)26-19)24(30)31-13-22(29)28-25-27-21(14-32-25)17-11-9-15(2)10-12-17/h5-12,14H,4,13H2,1-3H3,(H,27,28,29). The molecule has 2 aromatic carbocycles. The molecule has 32 heavy (non-hydrogen) atoms. The van der Waals surface area contributed by atoms with Crippen molar-refractivity contribution >= 4 is 39.2 Å². The molecular formula is C25H23N3O3S. The van der Waals surface area contributed by atoms with Crippen molar-refractivity contribution in [3.8, 4) is 11.3 Å². The molecule has 0 aliphatic rings.